The van der Waals surface area contributed by atoms with E-state index in [-0.39, 0.29) is 23.4 Å². The van der Waals surface area contributed by atoms with E-state index >= 15 is 0 Å². The zero-order valence-electron chi connectivity index (χ0n) is 16.0. The number of nitrogens with one attached hydrogen (secondary N) is 1. The number of piperazine rings is 1. The zero-order valence-corrected chi connectivity index (χ0v) is 16.0. The summed E-state index contributed by atoms with van der Waals surface area (Å²) >= 11 is 0. The topological polar surface area (TPSA) is 116 Å². The summed E-state index contributed by atoms with van der Waals surface area (Å²) in [5, 5.41) is 23.2. The third-order valence-corrected chi connectivity index (χ3v) is 4.93. The van der Waals surface area contributed by atoms with Crippen molar-refractivity contribution < 1.29 is 19.6 Å². The minimum Gasteiger partial charge on any atom is -0.478 e. The van der Waals surface area contributed by atoms with Crippen molar-refractivity contribution in [3.05, 3.63) is 69.3 Å². The van der Waals surface area contributed by atoms with Crippen molar-refractivity contribution in [3.63, 3.8) is 0 Å². The highest BCUT2D eigenvalue weighted by Crippen LogP contribution is 2.30. The van der Waals surface area contributed by atoms with Gasteiger partial charge in [0.2, 0.25) is 0 Å². The summed E-state index contributed by atoms with van der Waals surface area (Å²) in [4.78, 5) is 38.5. The van der Waals surface area contributed by atoms with E-state index in [1.54, 1.807) is 24.3 Å². The number of rotatable bonds is 6. The summed E-state index contributed by atoms with van der Waals surface area (Å²) in [5.74, 6) is -1.45. The van der Waals surface area contributed by atoms with Crippen LogP contribution in [0.5, 0.6) is 0 Å². The van der Waals surface area contributed by atoms with E-state index in [4.69, 9.17) is 5.11 Å². The molecule has 1 fully saturated rings. The molecule has 0 bridgehead atoms. The number of carboxylic acids is 1. The van der Waals surface area contributed by atoms with Crippen LogP contribution in [0.15, 0.2) is 42.5 Å². The van der Waals surface area contributed by atoms with E-state index in [0.29, 0.717) is 18.8 Å². The van der Waals surface area contributed by atoms with Gasteiger partial charge in [-0.25, -0.2) is 4.79 Å². The summed E-state index contributed by atoms with van der Waals surface area (Å²) < 4.78 is 0. The van der Waals surface area contributed by atoms with E-state index in [1.807, 2.05) is 11.9 Å². The fourth-order valence-electron chi connectivity index (χ4n) is 3.18. The second kappa shape index (κ2) is 8.70. The maximum atomic E-state index is 12.5. The van der Waals surface area contributed by atoms with Crippen molar-refractivity contribution in [2.24, 2.45) is 0 Å². The van der Waals surface area contributed by atoms with Crippen LogP contribution in [-0.2, 0) is 6.54 Å². The van der Waals surface area contributed by atoms with Gasteiger partial charge in [-0.3, -0.25) is 14.9 Å². The summed E-state index contributed by atoms with van der Waals surface area (Å²) in [5.41, 5.74) is 1.52. The molecular weight excluding hydrogens is 376 g/mol. The minimum atomic E-state index is -1.02. The van der Waals surface area contributed by atoms with E-state index in [0.717, 1.165) is 18.7 Å². The van der Waals surface area contributed by atoms with Crippen molar-refractivity contribution in [3.8, 4) is 0 Å². The van der Waals surface area contributed by atoms with Crippen LogP contribution in [-0.4, -0.2) is 60.0 Å². The summed E-state index contributed by atoms with van der Waals surface area (Å²) in [7, 11) is 2.01. The molecule has 0 unspecified atom stereocenters. The molecule has 0 aliphatic carbocycles. The Kier molecular flexibility index (Phi) is 6.08. The van der Waals surface area contributed by atoms with Gasteiger partial charge in [0.25, 0.3) is 11.6 Å². The lowest BCUT2D eigenvalue weighted by atomic mass is 10.1. The lowest BCUT2D eigenvalue weighted by Gasteiger charge is -2.33. The van der Waals surface area contributed by atoms with Crippen LogP contribution in [0.4, 0.5) is 11.4 Å². The Morgan fingerprint density at radius 3 is 2.28 bits per heavy atom. The van der Waals surface area contributed by atoms with E-state index in [9.17, 15) is 19.7 Å². The van der Waals surface area contributed by atoms with Gasteiger partial charge < -0.3 is 20.2 Å². The second-order valence-electron chi connectivity index (χ2n) is 6.94. The number of nitrogens with zero attached hydrogens (tertiary/aromatic N) is 3. The Morgan fingerprint density at radius 1 is 1.07 bits per heavy atom. The van der Waals surface area contributed by atoms with Crippen LogP contribution in [0.3, 0.4) is 0 Å². The molecule has 3 rings (SSSR count). The van der Waals surface area contributed by atoms with Gasteiger partial charge in [-0.05, 0) is 36.9 Å². The largest absolute Gasteiger partial charge is 0.478 e. The molecule has 152 valence electrons. The lowest BCUT2D eigenvalue weighted by Crippen LogP contribution is -2.44. The number of nitro benzene ring substituents is 1. The van der Waals surface area contributed by atoms with Crippen LogP contribution in [0, 0.1) is 10.1 Å². The summed E-state index contributed by atoms with van der Waals surface area (Å²) in [6, 6.07) is 10.7. The van der Waals surface area contributed by atoms with Gasteiger partial charge >= 0.3 is 5.97 Å². The van der Waals surface area contributed by atoms with Gasteiger partial charge in [0.15, 0.2) is 0 Å². The molecule has 0 aromatic heterocycles. The number of likely N-dealkylation sites (N-methyl/N-ethyl adjacent to an activating group) is 1. The third kappa shape index (κ3) is 4.88. The van der Waals surface area contributed by atoms with Crippen molar-refractivity contribution in [2.45, 2.75) is 6.54 Å². The quantitative estimate of drug-likeness (QED) is 0.564. The molecule has 1 amide bonds. The maximum absolute atomic E-state index is 12.5. The highest BCUT2D eigenvalue weighted by Gasteiger charge is 2.24. The number of nitro groups is 1. The number of hydrogen-bond donors (Lipinski definition) is 2. The molecule has 9 heteroatoms. The van der Waals surface area contributed by atoms with E-state index < -0.39 is 16.8 Å². The zero-order chi connectivity index (χ0) is 21.0. The molecule has 0 saturated carbocycles. The molecule has 0 spiro atoms. The van der Waals surface area contributed by atoms with Crippen LogP contribution >= 0.6 is 0 Å². The highest BCUT2D eigenvalue weighted by atomic mass is 16.6. The molecule has 0 radical (unpaired) electrons. The van der Waals surface area contributed by atoms with Crippen LogP contribution in [0.25, 0.3) is 0 Å². The average molecular weight is 398 g/mol. The van der Waals surface area contributed by atoms with Crippen molar-refractivity contribution in [2.75, 3.05) is 38.1 Å². The molecule has 0 atom stereocenters. The first-order chi connectivity index (χ1) is 13.8. The van der Waals surface area contributed by atoms with Gasteiger partial charge in [0.1, 0.15) is 5.69 Å². The van der Waals surface area contributed by atoms with Crippen molar-refractivity contribution in [1.29, 1.82) is 0 Å². The molecule has 1 aliphatic heterocycles. The summed E-state index contributed by atoms with van der Waals surface area (Å²) in [6.45, 7) is 3.21. The number of carbonyl (C=O) groups is 2. The molecule has 1 aliphatic rings. The average Bonchev–Trinajstić information content (AvgIpc) is 2.72. The number of hydrogen-bond acceptors (Lipinski definition) is 6. The molecule has 2 N–H and O–H groups in total. The smallest absolute Gasteiger partial charge is 0.335 e. The van der Waals surface area contributed by atoms with Crippen LogP contribution < -0.4 is 10.2 Å². The number of carboxylic acid groups (broad SMARTS) is 1. The second-order valence-corrected chi connectivity index (χ2v) is 6.94. The first kappa shape index (κ1) is 20.3. The number of amides is 1. The Balaban J connectivity index is 1.71. The standard InChI is InChI=1S/C20H22N4O5/c1-22-8-10-23(11-9-22)17-7-6-16(12-18(17)24(28)29)19(25)21-13-14-2-4-15(5-3-14)20(26)27/h2-7,12H,8-11,13H2,1H3,(H,21,25)(H,26,27). The normalized spacial score (nSPS) is 14.4. The molecule has 2 aromatic carbocycles. The van der Waals surface area contributed by atoms with Crippen LogP contribution in [0.2, 0.25) is 0 Å². The van der Waals surface area contributed by atoms with Crippen molar-refractivity contribution >= 4 is 23.3 Å². The number of benzene rings is 2. The number of aromatic carboxylic acids is 1. The van der Waals surface area contributed by atoms with Crippen molar-refractivity contribution in [1.82, 2.24) is 10.2 Å². The Bertz CT molecular complexity index is 921. The Labute approximate surface area is 167 Å². The molecule has 1 heterocycles. The van der Waals surface area contributed by atoms with E-state index in [1.165, 1.54) is 18.2 Å². The van der Waals surface area contributed by atoms with Gasteiger partial charge in [0.05, 0.1) is 10.5 Å². The van der Waals surface area contributed by atoms with Gasteiger partial charge in [-0.15, -0.1) is 0 Å². The maximum Gasteiger partial charge on any atom is 0.335 e. The lowest BCUT2D eigenvalue weighted by molar-refractivity contribution is -0.384. The first-order valence-corrected chi connectivity index (χ1v) is 9.17. The molecular formula is C20H22N4O5. The number of anilines is 1. The Morgan fingerprint density at radius 2 is 1.69 bits per heavy atom. The van der Waals surface area contributed by atoms with E-state index in [2.05, 4.69) is 10.2 Å². The summed E-state index contributed by atoms with van der Waals surface area (Å²) in [6.07, 6.45) is 0. The minimum absolute atomic E-state index is 0.0898. The molecule has 2 aromatic rings. The highest BCUT2D eigenvalue weighted by molar-refractivity contribution is 5.95. The van der Waals surface area contributed by atoms with Gasteiger partial charge in [-0.2, -0.15) is 0 Å². The fourth-order valence-corrected chi connectivity index (χ4v) is 3.18. The number of carbonyl (C=O) groups excluding carboxylic acids is 1. The molecule has 9 nitrogen and oxygen atoms in total. The van der Waals surface area contributed by atoms with Crippen LogP contribution in [0.1, 0.15) is 26.3 Å². The fraction of sp³-hybridized carbons (Fsp3) is 0.300. The monoisotopic (exact) mass is 398 g/mol. The molecule has 29 heavy (non-hydrogen) atoms. The SMILES string of the molecule is CN1CCN(c2ccc(C(=O)NCc3ccc(C(=O)O)cc3)cc2[N+](=O)[O-])CC1. The first-order valence-electron chi connectivity index (χ1n) is 9.17. The molecule has 1 saturated heterocycles. The predicted molar refractivity (Wildman–Crippen MR) is 107 cm³/mol. The third-order valence-electron chi connectivity index (χ3n) is 4.93. The van der Waals surface area contributed by atoms with Gasteiger partial charge in [-0.1, -0.05) is 12.1 Å². The van der Waals surface area contributed by atoms with Gasteiger partial charge in [0, 0.05) is 44.4 Å². The predicted octanol–water partition coefficient (Wildman–Crippen LogP) is 1.97. The Hall–Kier alpha value is -3.46.